The molecule has 12 heteroatoms. The topological polar surface area (TPSA) is 99.7 Å². The third kappa shape index (κ3) is 7.59. The molecule has 0 radical (unpaired) electrons. The number of fused-ring (bicyclic) bond motifs is 2. The van der Waals surface area contributed by atoms with Crippen LogP contribution < -0.4 is 4.72 Å². The number of hydrogen-bond donors (Lipinski definition) is 1. The largest absolute Gasteiger partial charge is 0.342 e. The molecular weight excluding hydrogens is 696 g/mol. The summed E-state index contributed by atoms with van der Waals surface area (Å²) < 4.78 is 26.8. The van der Waals surface area contributed by atoms with E-state index in [0.717, 1.165) is 64.7 Å². The molecule has 1 atom stereocenters. The molecule has 222 valence electrons. The summed E-state index contributed by atoms with van der Waals surface area (Å²) in [6.45, 7) is 2.86. The van der Waals surface area contributed by atoms with Crippen LogP contribution in [0.15, 0.2) is 33.3 Å². The second kappa shape index (κ2) is 13.1. The molecule has 0 bridgehead atoms. The average Bonchev–Trinajstić information content (AvgIpc) is 3.08. The predicted molar refractivity (Wildman–Crippen MR) is 167 cm³/mol. The van der Waals surface area contributed by atoms with Gasteiger partial charge in [0.05, 0.1) is 25.0 Å². The van der Waals surface area contributed by atoms with Crippen LogP contribution in [-0.4, -0.2) is 80.4 Å². The van der Waals surface area contributed by atoms with E-state index in [9.17, 15) is 18.0 Å². The molecule has 2 saturated heterocycles. The van der Waals surface area contributed by atoms with Gasteiger partial charge in [0, 0.05) is 45.1 Å². The maximum absolute atomic E-state index is 13.2. The first-order chi connectivity index (χ1) is 19.5. The summed E-state index contributed by atoms with van der Waals surface area (Å²) in [6.07, 6.45) is 7.96. The second-order valence-corrected chi connectivity index (χ2v) is 15.5. The number of pyridine rings is 1. The second-order valence-electron chi connectivity index (χ2n) is 11.5. The van der Waals surface area contributed by atoms with E-state index in [1.54, 1.807) is 4.90 Å². The van der Waals surface area contributed by atoms with E-state index in [4.69, 9.17) is 16.6 Å². The van der Waals surface area contributed by atoms with E-state index >= 15 is 0 Å². The van der Waals surface area contributed by atoms with Crippen LogP contribution in [-0.2, 0) is 32.5 Å². The van der Waals surface area contributed by atoms with Gasteiger partial charge in [0.2, 0.25) is 15.9 Å². The minimum Gasteiger partial charge on any atom is -0.342 e. The molecule has 1 aromatic carbocycles. The quantitative estimate of drug-likeness (QED) is 0.449. The predicted octanol–water partition coefficient (Wildman–Crippen LogP) is 4.56. The molecule has 2 aromatic rings. The van der Waals surface area contributed by atoms with Crippen LogP contribution in [0, 0.1) is 11.8 Å². The molecule has 3 heterocycles. The Morgan fingerprint density at radius 1 is 1.02 bits per heavy atom. The molecule has 1 aliphatic carbocycles. The summed E-state index contributed by atoms with van der Waals surface area (Å²) in [7, 11) is -3.42. The van der Waals surface area contributed by atoms with Gasteiger partial charge >= 0.3 is 0 Å². The zero-order valence-electron chi connectivity index (χ0n) is 23.0. The Morgan fingerprint density at radius 2 is 1.71 bits per heavy atom. The number of aryl methyl sites for hydroxylation is 2. The van der Waals surface area contributed by atoms with Gasteiger partial charge in [-0.2, -0.15) is 0 Å². The summed E-state index contributed by atoms with van der Waals surface area (Å²) in [4.78, 5) is 34.4. The fourth-order valence-corrected chi connectivity index (χ4v) is 8.46. The number of nitrogens with zero attached hydrogens (tertiary/aromatic N) is 3. The number of Topliss-reactive ketones (excluding diaryl/α,β-unsaturated/α-hetero) is 1. The smallest absolute Gasteiger partial charge is 0.237 e. The minimum atomic E-state index is -3.42. The SMILES string of the molecule is CS(=O)(=O)NCC(=O)N1CCC(C(=O)CN2CCC([C@H]3c4ncc(Br)cc4CCc4cc(Cl)cc(Br)c43)CC2)CC1. The van der Waals surface area contributed by atoms with Crippen molar-refractivity contribution in [1.29, 1.82) is 0 Å². The number of ketones is 1. The Balaban J connectivity index is 1.20. The van der Waals surface area contributed by atoms with E-state index in [2.05, 4.69) is 53.6 Å². The van der Waals surface area contributed by atoms with Crippen LogP contribution in [0.3, 0.4) is 0 Å². The van der Waals surface area contributed by atoms with Gasteiger partial charge in [-0.1, -0.05) is 27.5 Å². The van der Waals surface area contributed by atoms with Gasteiger partial charge in [0.15, 0.2) is 0 Å². The molecule has 0 saturated carbocycles. The summed E-state index contributed by atoms with van der Waals surface area (Å²) in [6, 6.07) is 6.29. The molecule has 8 nitrogen and oxygen atoms in total. The molecule has 1 amide bonds. The van der Waals surface area contributed by atoms with Crippen LogP contribution in [0.25, 0.3) is 0 Å². The lowest BCUT2D eigenvalue weighted by atomic mass is 9.76. The molecule has 2 fully saturated rings. The van der Waals surface area contributed by atoms with Crippen molar-refractivity contribution in [3.05, 3.63) is 60.7 Å². The number of rotatable bonds is 7. The van der Waals surface area contributed by atoms with Gasteiger partial charge in [-0.25, -0.2) is 13.1 Å². The van der Waals surface area contributed by atoms with Crippen molar-refractivity contribution >= 4 is 65.2 Å². The number of hydrogen-bond acceptors (Lipinski definition) is 6. The number of likely N-dealkylation sites (tertiary alicyclic amines) is 2. The zero-order valence-corrected chi connectivity index (χ0v) is 27.8. The first-order valence-electron chi connectivity index (χ1n) is 14.1. The molecule has 0 unspecified atom stereocenters. The monoisotopic (exact) mass is 728 g/mol. The number of benzene rings is 1. The number of nitrogens with one attached hydrogen (secondary N) is 1. The number of carbonyl (C=O) groups is 2. The van der Waals surface area contributed by atoms with Crippen molar-refractivity contribution in [3.8, 4) is 0 Å². The third-order valence-electron chi connectivity index (χ3n) is 8.69. The van der Waals surface area contributed by atoms with E-state index in [-0.39, 0.29) is 30.1 Å². The van der Waals surface area contributed by atoms with Crippen molar-refractivity contribution < 1.29 is 18.0 Å². The lowest BCUT2D eigenvalue weighted by Crippen LogP contribution is -2.46. The molecule has 3 aliphatic rings. The fraction of sp³-hybridized carbons (Fsp3) is 0.552. The number of aromatic nitrogens is 1. The van der Waals surface area contributed by atoms with Gasteiger partial charge in [-0.05, 0) is 108 Å². The summed E-state index contributed by atoms with van der Waals surface area (Å²) in [5, 5.41) is 0.739. The maximum Gasteiger partial charge on any atom is 0.237 e. The van der Waals surface area contributed by atoms with Crippen LogP contribution in [0.1, 0.15) is 54.0 Å². The van der Waals surface area contributed by atoms with Gasteiger partial charge in [0.1, 0.15) is 5.78 Å². The Bertz CT molecular complexity index is 1420. The van der Waals surface area contributed by atoms with Crippen molar-refractivity contribution in [2.45, 2.75) is 44.4 Å². The first kappa shape index (κ1) is 31.1. The molecule has 2 aliphatic heterocycles. The number of amides is 1. The molecule has 5 rings (SSSR count). The number of sulfonamides is 1. The Kier molecular flexibility index (Phi) is 9.92. The average molecular weight is 731 g/mol. The number of piperidine rings is 2. The standard InChI is InChI=1S/C29H35Br2ClN4O4S/c1-41(39,40)34-16-26(38)36-10-6-18(7-11-36)25(37)17-35-8-4-19(5-9-35)28-27-20(13-23(32)14-24(27)31)2-3-21-12-22(30)15-33-29(21)28/h12-15,18-19,28,34H,2-11,16-17H2,1H3/t28-/m1/s1. The van der Waals surface area contributed by atoms with Gasteiger partial charge in [0.25, 0.3) is 0 Å². The summed E-state index contributed by atoms with van der Waals surface area (Å²) >= 11 is 13.9. The number of halogens is 3. The molecule has 1 aromatic heterocycles. The third-order valence-corrected chi connectivity index (χ3v) is 10.7. The zero-order chi connectivity index (χ0) is 29.3. The van der Waals surface area contributed by atoms with Crippen molar-refractivity contribution in [2.24, 2.45) is 11.8 Å². The highest BCUT2D eigenvalue weighted by atomic mass is 79.9. The van der Waals surface area contributed by atoms with Crippen LogP contribution >= 0.6 is 43.5 Å². The molecule has 1 N–H and O–H groups in total. The Hall–Kier alpha value is -1.37. The van der Waals surface area contributed by atoms with E-state index in [0.29, 0.717) is 38.4 Å². The van der Waals surface area contributed by atoms with Crippen molar-refractivity contribution in [2.75, 3.05) is 45.5 Å². The van der Waals surface area contributed by atoms with Crippen LogP contribution in [0.5, 0.6) is 0 Å². The van der Waals surface area contributed by atoms with Crippen LogP contribution in [0.2, 0.25) is 5.02 Å². The Morgan fingerprint density at radius 3 is 2.39 bits per heavy atom. The highest BCUT2D eigenvalue weighted by Crippen LogP contribution is 2.46. The van der Waals surface area contributed by atoms with E-state index in [1.807, 2.05) is 12.3 Å². The normalized spacial score (nSPS) is 20.8. The maximum atomic E-state index is 13.2. The van der Waals surface area contributed by atoms with Gasteiger partial charge < -0.3 is 4.90 Å². The highest BCUT2D eigenvalue weighted by Gasteiger charge is 2.36. The summed E-state index contributed by atoms with van der Waals surface area (Å²) in [5.41, 5.74) is 5.00. The first-order valence-corrected chi connectivity index (χ1v) is 17.9. The summed E-state index contributed by atoms with van der Waals surface area (Å²) in [5.74, 6) is 0.486. The minimum absolute atomic E-state index is 0.0661. The molecular formula is C29H35Br2ClN4O4S. The molecule has 41 heavy (non-hydrogen) atoms. The van der Waals surface area contributed by atoms with Crippen molar-refractivity contribution in [1.82, 2.24) is 19.5 Å². The number of carbonyl (C=O) groups excluding carboxylic acids is 2. The van der Waals surface area contributed by atoms with E-state index < -0.39 is 10.0 Å². The van der Waals surface area contributed by atoms with Crippen molar-refractivity contribution in [3.63, 3.8) is 0 Å². The van der Waals surface area contributed by atoms with Gasteiger partial charge in [-0.15, -0.1) is 0 Å². The van der Waals surface area contributed by atoms with E-state index in [1.165, 1.54) is 16.7 Å². The fourth-order valence-electron chi connectivity index (χ4n) is 6.58. The lowest BCUT2D eigenvalue weighted by Gasteiger charge is -2.38. The Labute approximate surface area is 263 Å². The van der Waals surface area contributed by atoms with Crippen LogP contribution in [0.4, 0.5) is 0 Å². The van der Waals surface area contributed by atoms with Gasteiger partial charge in [-0.3, -0.25) is 19.5 Å². The molecule has 0 spiro atoms. The highest BCUT2D eigenvalue weighted by molar-refractivity contribution is 9.10. The lowest BCUT2D eigenvalue weighted by molar-refractivity contribution is -0.134.